The molecule has 6 fully saturated rings. The highest BCUT2D eigenvalue weighted by Crippen LogP contribution is 2.71. The van der Waals surface area contributed by atoms with Crippen LogP contribution in [0.4, 0.5) is 0 Å². The summed E-state index contributed by atoms with van der Waals surface area (Å²) in [7, 11) is 0. The van der Waals surface area contributed by atoms with E-state index in [2.05, 4.69) is 20.8 Å². The SMILES string of the molecule is C[C@]12CCC(=O)C(C3=CC(=O)CC4CC[C@@H]5[C@@H](CC[C@]6(C)C(=O)CC[C@@H]56)[C@@]34C)=C1CC[C@@H]1[C@@H]2[C@@H](O)C[C@@]2(C)[C@H]1CC[C@]2(O)C(=O)CO. The second-order valence-corrected chi connectivity index (χ2v) is 18.3. The Morgan fingerprint density at radius 1 is 0.830 bits per heavy atom. The summed E-state index contributed by atoms with van der Waals surface area (Å²) in [4.78, 5) is 53.8. The van der Waals surface area contributed by atoms with Gasteiger partial charge >= 0.3 is 0 Å². The summed E-state index contributed by atoms with van der Waals surface area (Å²) in [6, 6.07) is 0. The monoisotopic (exact) mass is 646 g/mol. The van der Waals surface area contributed by atoms with Crippen LogP contribution in [0.25, 0.3) is 0 Å². The molecule has 256 valence electrons. The van der Waals surface area contributed by atoms with Gasteiger partial charge in [0.2, 0.25) is 0 Å². The van der Waals surface area contributed by atoms with Crippen molar-refractivity contribution >= 4 is 23.1 Å². The van der Waals surface area contributed by atoms with Crippen molar-refractivity contribution in [2.75, 3.05) is 6.61 Å². The molecule has 0 aromatic heterocycles. The fraction of sp³-hybridized carbons (Fsp3) is 0.800. The molecule has 3 N–H and O–H groups in total. The van der Waals surface area contributed by atoms with E-state index in [1.54, 1.807) is 0 Å². The number of carbonyl (C=O) groups excluding carboxylic acids is 4. The van der Waals surface area contributed by atoms with Crippen LogP contribution in [-0.2, 0) is 19.2 Å². The first kappa shape index (κ1) is 32.3. The molecule has 0 bridgehead atoms. The highest BCUT2D eigenvalue weighted by atomic mass is 16.3. The number of carbonyl (C=O) groups is 4. The lowest BCUT2D eigenvalue weighted by Gasteiger charge is -2.62. The van der Waals surface area contributed by atoms with E-state index in [-0.39, 0.29) is 52.5 Å². The van der Waals surface area contributed by atoms with E-state index >= 15 is 0 Å². The Balaban J connectivity index is 1.21. The molecule has 0 amide bonds. The smallest absolute Gasteiger partial charge is 0.190 e. The molecule has 6 saturated carbocycles. The average Bonchev–Trinajstić information content (AvgIpc) is 3.48. The summed E-state index contributed by atoms with van der Waals surface area (Å²) in [6.07, 6.45) is 10.9. The van der Waals surface area contributed by atoms with Crippen LogP contribution in [0.2, 0.25) is 0 Å². The summed E-state index contributed by atoms with van der Waals surface area (Å²) in [5.41, 5.74) is -0.567. The van der Waals surface area contributed by atoms with Crippen LogP contribution in [0.1, 0.15) is 118 Å². The minimum atomic E-state index is -1.64. The van der Waals surface area contributed by atoms with Gasteiger partial charge in [-0.05, 0) is 135 Å². The van der Waals surface area contributed by atoms with Gasteiger partial charge in [0.1, 0.15) is 18.0 Å². The molecule has 47 heavy (non-hydrogen) atoms. The van der Waals surface area contributed by atoms with E-state index in [1.807, 2.05) is 13.0 Å². The van der Waals surface area contributed by atoms with Crippen LogP contribution in [-0.4, -0.2) is 56.8 Å². The summed E-state index contributed by atoms with van der Waals surface area (Å²) in [5, 5.41) is 33.5. The number of Topliss-reactive ketones (excluding diaryl/α,β-unsaturated/α-hetero) is 3. The molecule has 8 aliphatic carbocycles. The number of aliphatic hydroxyl groups is 3. The zero-order chi connectivity index (χ0) is 33.5. The molecular formula is C40H54O7. The Bertz CT molecular complexity index is 1520. The normalized spacial score (nSPS) is 52.1. The highest BCUT2D eigenvalue weighted by molar-refractivity contribution is 6.05. The molecule has 8 rings (SSSR count). The van der Waals surface area contributed by atoms with Crippen molar-refractivity contribution in [2.45, 2.75) is 129 Å². The molecule has 0 spiro atoms. The van der Waals surface area contributed by atoms with Crippen molar-refractivity contribution in [1.29, 1.82) is 0 Å². The van der Waals surface area contributed by atoms with Gasteiger partial charge in [-0.1, -0.05) is 33.3 Å². The third kappa shape index (κ3) is 3.91. The fourth-order valence-electron chi connectivity index (χ4n) is 14.6. The van der Waals surface area contributed by atoms with Crippen LogP contribution in [0.3, 0.4) is 0 Å². The van der Waals surface area contributed by atoms with Crippen molar-refractivity contribution in [3.05, 3.63) is 22.8 Å². The Labute approximate surface area is 279 Å². The first-order valence-electron chi connectivity index (χ1n) is 18.7. The lowest BCUT2D eigenvalue weighted by molar-refractivity contribution is -0.182. The largest absolute Gasteiger partial charge is 0.393 e. The van der Waals surface area contributed by atoms with Crippen molar-refractivity contribution in [1.82, 2.24) is 0 Å². The molecule has 0 heterocycles. The molecule has 0 saturated heterocycles. The first-order chi connectivity index (χ1) is 22.1. The highest BCUT2D eigenvalue weighted by Gasteiger charge is 2.69. The number of hydrogen-bond acceptors (Lipinski definition) is 7. The maximum Gasteiger partial charge on any atom is 0.190 e. The van der Waals surface area contributed by atoms with Crippen LogP contribution in [0.5, 0.6) is 0 Å². The van der Waals surface area contributed by atoms with Gasteiger partial charge in [0.25, 0.3) is 0 Å². The van der Waals surface area contributed by atoms with E-state index < -0.39 is 34.9 Å². The minimum Gasteiger partial charge on any atom is -0.393 e. The molecule has 0 aliphatic heterocycles. The first-order valence-corrected chi connectivity index (χ1v) is 18.7. The maximum atomic E-state index is 14.3. The molecule has 7 nitrogen and oxygen atoms in total. The van der Waals surface area contributed by atoms with Crippen LogP contribution in [0, 0.1) is 63.1 Å². The topological polar surface area (TPSA) is 129 Å². The zero-order valence-corrected chi connectivity index (χ0v) is 28.8. The van der Waals surface area contributed by atoms with Gasteiger partial charge in [-0.15, -0.1) is 0 Å². The minimum absolute atomic E-state index is 0.0398. The van der Waals surface area contributed by atoms with Crippen molar-refractivity contribution < 1.29 is 34.5 Å². The second-order valence-electron chi connectivity index (χ2n) is 18.3. The number of rotatable bonds is 3. The maximum absolute atomic E-state index is 14.3. The zero-order valence-electron chi connectivity index (χ0n) is 28.8. The van der Waals surface area contributed by atoms with Crippen molar-refractivity contribution in [3.63, 3.8) is 0 Å². The van der Waals surface area contributed by atoms with Gasteiger partial charge in [0.05, 0.1) is 6.10 Å². The van der Waals surface area contributed by atoms with Crippen LogP contribution in [0.15, 0.2) is 22.8 Å². The van der Waals surface area contributed by atoms with Gasteiger partial charge < -0.3 is 15.3 Å². The van der Waals surface area contributed by atoms with E-state index in [1.165, 1.54) is 0 Å². The quantitative estimate of drug-likeness (QED) is 0.371. The van der Waals surface area contributed by atoms with E-state index in [4.69, 9.17) is 0 Å². The number of hydrogen-bond donors (Lipinski definition) is 3. The predicted molar refractivity (Wildman–Crippen MR) is 175 cm³/mol. The predicted octanol–water partition coefficient (Wildman–Crippen LogP) is 5.48. The Morgan fingerprint density at radius 2 is 1.57 bits per heavy atom. The summed E-state index contributed by atoms with van der Waals surface area (Å²) in [6.45, 7) is 8.02. The molecule has 0 aromatic rings. The molecule has 7 heteroatoms. The van der Waals surface area contributed by atoms with Gasteiger partial charge in [-0.3, -0.25) is 19.2 Å². The van der Waals surface area contributed by atoms with Crippen molar-refractivity contribution in [2.24, 2.45) is 63.1 Å². The Hall–Kier alpha value is -1.96. The van der Waals surface area contributed by atoms with Gasteiger partial charge in [-0.2, -0.15) is 0 Å². The van der Waals surface area contributed by atoms with Crippen molar-refractivity contribution in [3.8, 4) is 0 Å². The van der Waals surface area contributed by atoms with Gasteiger partial charge in [-0.25, -0.2) is 0 Å². The standard InChI is InChI=1S/C40H54O7/c1-36-14-11-27-23(25(36)9-10-32(36)45)6-5-21-17-22(42)18-29(39(21,27)4)34-28-8-7-24-26-12-16-40(47,33(46)20-41)38(26,3)19-31(44)35(24)37(28,2)15-13-30(34)43/h18,21,23-27,31,35,41,44,47H,5-17,19-20H2,1-4H3/t21?,23-,24-,25-,26-,27+,31-,35+,36-,37-,38-,39-,40-/m0/s1. The van der Waals surface area contributed by atoms with Crippen LogP contribution < -0.4 is 0 Å². The summed E-state index contributed by atoms with van der Waals surface area (Å²) < 4.78 is 0. The number of fused-ring (bicyclic) bond motifs is 10. The summed E-state index contributed by atoms with van der Waals surface area (Å²) in [5.74, 6) is 1.46. The number of aliphatic hydroxyl groups excluding tert-OH is 2. The lowest BCUT2D eigenvalue weighted by Crippen LogP contribution is -2.62. The second kappa shape index (κ2) is 10.3. The van der Waals surface area contributed by atoms with E-state index in [9.17, 15) is 34.5 Å². The Morgan fingerprint density at radius 3 is 2.32 bits per heavy atom. The number of allylic oxidation sites excluding steroid dienone is 3. The Kier molecular flexibility index (Phi) is 7.06. The fourth-order valence-corrected chi connectivity index (χ4v) is 14.6. The van der Waals surface area contributed by atoms with Gasteiger partial charge in [0, 0.05) is 35.7 Å². The lowest BCUT2D eigenvalue weighted by atomic mass is 9.42. The average molecular weight is 647 g/mol. The van der Waals surface area contributed by atoms with E-state index in [0.717, 1.165) is 55.2 Å². The van der Waals surface area contributed by atoms with Gasteiger partial charge in [0.15, 0.2) is 17.3 Å². The molecule has 8 aliphatic rings. The third-order valence-electron chi connectivity index (χ3n) is 17.0. The van der Waals surface area contributed by atoms with E-state index in [0.29, 0.717) is 68.5 Å². The van der Waals surface area contributed by atoms with Crippen LogP contribution >= 0.6 is 0 Å². The summed E-state index contributed by atoms with van der Waals surface area (Å²) >= 11 is 0. The molecular weight excluding hydrogens is 592 g/mol. The molecule has 0 radical (unpaired) electrons. The molecule has 0 aromatic carbocycles. The third-order valence-corrected chi connectivity index (χ3v) is 17.0. The number of ketones is 4. The molecule has 1 unspecified atom stereocenters. The molecule has 13 atom stereocenters.